The highest BCUT2D eigenvalue weighted by atomic mass is 79.9. The maximum atomic E-state index is 12.4. The van der Waals surface area contributed by atoms with Crippen LogP contribution in [0.2, 0.25) is 5.02 Å². The summed E-state index contributed by atoms with van der Waals surface area (Å²) < 4.78 is 6.90. The minimum atomic E-state index is -0.255. The number of hydrogen-bond donors (Lipinski definition) is 1. The van der Waals surface area contributed by atoms with Crippen molar-refractivity contribution in [2.24, 2.45) is 0 Å². The van der Waals surface area contributed by atoms with Gasteiger partial charge in [-0.2, -0.15) is 9.36 Å². The maximum Gasteiger partial charge on any atom is 0.257 e. The van der Waals surface area contributed by atoms with Crippen molar-refractivity contribution in [1.82, 2.24) is 24.4 Å². The lowest BCUT2D eigenvalue weighted by atomic mass is 10.2. The molecule has 1 N–H and O–H groups in total. The first-order valence-corrected chi connectivity index (χ1v) is 10.5. The van der Waals surface area contributed by atoms with E-state index in [0.29, 0.717) is 27.2 Å². The van der Waals surface area contributed by atoms with Gasteiger partial charge in [0.05, 0.1) is 11.4 Å². The summed E-state index contributed by atoms with van der Waals surface area (Å²) in [5.41, 5.74) is 3.63. The second-order valence-corrected chi connectivity index (χ2v) is 8.33. The average Bonchev–Trinajstić information content (AvgIpc) is 3.31. The molecule has 0 saturated carbocycles. The molecule has 0 fully saturated rings. The molecule has 10 heteroatoms. The van der Waals surface area contributed by atoms with E-state index in [4.69, 9.17) is 11.6 Å². The third kappa shape index (κ3) is 4.07. The summed E-state index contributed by atoms with van der Waals surface area (Å²) in [5.74, 6) is 0.151. The Bertz CT molecular complexity index is 1200. The minimum absolute atomic E-state index is 0.255. The van der Waals surface area contributed by atoms with Crippen molar-refractivity contribution in [3.05, 3.63) is 68.8 Å². The quantitative estimate of drug-likeness (QED) is 0.432. The third-order valence-corrected chi connectivity index (χ3v) is 5.83. The molecule has 146 valence electrons. The largest absolute Gasteiger partial charge is 0.297 e. The summed E-state index contributed by atoms with van der Waals surface area (Å²) in [4.78, 5) is 16.7. The standard InChI is InChI=1S/C19H14BrClN6OS/c1-10-3-8-14(9-15(10)21)27-11(2)16(24-26-27)17-22-19(29-25-17)23-18(28)12-4-6-13(20)7-5-12/h3-9H,1-2H3,(H,22,23,25,28). The molecule has 0 spiro atoms. The van der Waals surface area contributed by atoms with Crippen LogP contribution >= 0.6 is 39.1 Å². The molecule has 1 amide bonds. The van der Waals surface area contributed by atoms with Crippen molar-refractivity contribution in [3.63, 3.8) is 0 Å². The van der Waals surface area contributed by atoms with Gasteiger partial charge in [-0.1, -0.05) is 38.8 Å². The molecule has 0 unspecified atom stereocenters. The van der Waals surface area contributed by atoms with Crippen LogP contribution in [0.15, 0.2) is 46.9 Å². The molecule has 2 aromatic heterocycles. The Morgan fingerprint density at radius 1 is 1.17 bits per heavy atom. The minimum Gasteiger partial charge on any atom is -0.297 e. The number of benzene rings is 2. The predicted octanol–water partition coefficient (Wildman–Crippen LogP) is 5.07. The number of nitrogens with one attached hydrogen (secondary N) is 1. The van der Waals surface area contributed by atoms with Gasteiger partial charge in [0.2, 0.25) is 5.13 Å². The Morgan fingerprint density at radius 2 is 1.93 bits per heavy atom. The summed E-state index contributed by atoms with van der Waals surface area (Å²) >= 11 is 10.7. The monoisotopic (exact) mass is 488 g/mol. The lowest BCUT2D eigenvalue weighted by molar-refractivity contribution is 0.102. The second kappa shape index (κ2) is 8.02. The summed E-state index contributed by atoms with van der Waals surface area (Å²) in [6.45, 7) is 3.82. The average molecular weight is 490 g/mol. The van der Waals surface area contributed by atoms with Crippen molar-refractivity contribution in [2.75, 3.05) is 5.32 Å². The second-order valence-electron chi connectivity index (χ2n) is 6.25. The van der Waals surface area contributed by atoms with Crippen LogP contribution in [0, 0.1) is 13.8 Å². The van der Waals surface area contributed by atoms with Crippen molar-refractivity contribution >= 4 is 50.1 Å². The number of nitrogens with zero attached hydrogens (tertiary/aromatic N) is 5. The normalized spacial score (nSPS) is 10.9. The van der Waals surface area contributed by atoms with Crippen molar-refractivity contribution in [3.8, 4) is 17.2 Å². The topological polar surface area (TPSA) is 85.6 Å². The van der Waals surface area contributed by atoms with Crippen LogP contribution in [0.25, 0.3) is 17.2 Å². The van der Waals surface area contributed by atoms with Gasteiger partial charge >= 0.3 is 0 Å². The molecule has 4 aromatic rings. The highest BCUT2D eigenvalue weighted by Gasteiger charge is 2.18. The maximum absolute atomic E-state index is 12.4. The van der Waals surface area contributed by atoms with E-state index in [1.807, 2.05) is 32.0 Å². The number of anilines is 1. The summed E-state index contributed by atoms with van der Waals surface area (Å²) in [6, 6.07) is 12.7. The van der Waals surface area contributed by atoms with Crippen LogP contribution in [0.4, 0.5) is 5.13 Å². The molecule has 0 saturated heterocycles. The Morgan fingerprint density at radius 3 is 2.66 bits per heavy atom. The molecule has 0 aliphatic heterocycles. The Labute approximate surface area is 184 Å². The zero-order valence-electron chi connectivity index (χ0n) is 15.3. The van der Waals surface area contributed by atoms with Gasteiger partial charge in [-0.3, -0.25) is 10.1 Å². The number of carbonyl (C=O) groups excluding carboxylic acids is 1. The van der Waals surface area contributed by atoms with E-state index >= 15 is 0 Å². The SMILES string of the molecule is Cc1ccc(-n2nnc(-c3nsc(NC(=O)c4ccc(Br)cc4)n3)c2C)cc1Cl. The van der Waals surface area contributed by atoms with E-state index in [0.717, 1.165) is 32.9 Å². The summed E-state index contributed by atoms with van der Waals surface area (Å²) in [7, 11) is 0. The van der Waals surface area contributed by atoms with Crippen molar-refractivity contribution in [2.45, 2.75) is 13.8 Å². The first kappa shape index (κ1) is 19.7. The molecular weight excluding hydrogens is 476 g/mol. The van der Waals surface area contributed by atoms with Gasteiger partial charge in [0.25, 0.3) is 5.91 Å². The van der Waals surface area contributed by atoms with Crippen LogP contribution in [0.3, 0.4) is 0 Å². The predicted molar refractivity (Wildman–Crippen MR) is 117 cm³/mol. The Kier molecular flexibility index (Phi) is 5.44. The van der Waals surface area contributed by atoms with Gasteiger partial charge in [0, 0.05) is 26.6 Å². The molecule has 0 bridgehead atoms. The van der Waals surface area contributed by atoms with E-state index < -0.39 is 0 Å². The van der Waals surface area contributed by atoms with Crippen LogP contribution in [-0.2, 0) is 0 Å². The smallest absolute Gasteiger partial charge is 0.257 e. The van der Waals surface area contributed by atoms with Crippen LogP contribution in [0.5, 0.6) is 0 Å². The number of aromatic nitrogens is 5. The molecule has 2 aromatic carbocycles. The Balaban J connectivity index is 1.57. The summed E-state index contributed by atoms with van der Waals surface area (Å²) in [6.07, 6.45) is 0. The summed E-state index contributed by atoms with van der Waals surface area (Å²) in [5, 5.41) is 12.2. The molecule has 2 heterocycles. The Hall–Kier alpha value is -2.62. The molecule has 0 aliphatic rings. The van der Waals surface area contributed by atoms with Gasteiger partial charge < -0.3 is 0 Å². The number of halogens is 2. The highest BCUT2D eigenvalue weighted by Crippen LogP contribution is 2.26. The number of amides is 1. The number of aryl methyl sites for hydroxylation is 1. The molecule has 7 nitrogen and oxygen atoms in total. The number of hydrogen-bond acceptors (Lipinski definition) is 6. The van der Waals surface area contributed by atoms with Crippen LogP contribution in [0.1, 0.15) is 21.6 Å². The fraction of sp³-hybridized carbons (Fsp3) is 0.105. The van der Waals surface area contributed by atoms with Crippen molar-refractivity contribution < 1.29 is 4.79 Å². The van der Waals surface area contributed by atoms with E-state index in [1.165, 1.54) is 0 Å². The van der Waals surface area contributed by atoms with Crippen LogP contribution < -0.4 is 5.32 Å². The molecule has 4 rings (SSSR count). The van der Waals surface area contributed by atoms with E-state index in [-0.39, 0.29) is 5.91 Å². The van der Waals surface area contributed by atoms with Gasteiger partial charge in [-0.05, 0) is 55.8 Å². The van der Waals surface area contributed by atoms with E-state index in [1.54, 1.807) is 28.9 Å². The zero-order chi connectivity index (χ0) is 20.5. The lowest BCUT2D eigenvalue weighted by Gasteiger charge is -2.05. The zero-order valence-corrected chi connectivity index (χ0v) is 18.5. The van der Waals surface area contributed by atoms with E-state index in [9.17, 15) is 4.79 Å². The molecule has 0 atom stereocenters. The molecular formula is C19H14BrClN6OS. The van der Waals surface area contributed by atoms with Gasteiger partial charge in [0.15, 0.2) is 11.5 Å². The number of rotatable bonds is 4. The first-order chi connectivity index (χ1) is 13.9. The first-order valence-electron chi connectivity index (χ1n) is 8.52. The highest BCUT2D eigenvalue weighted by molar-refractivity contribution is 9.10. The van der Waals surface area contributed by atoms with Gasteiger partial charge in [-0.25, -0.2) is 4.68 Å². The van der Waals surface area contributed by atoms with Crippen LogP contribution in [-0.4, -0.2) is 30.3 Å². The number of carbonyl (C=O) groups is 1. The third-order valence-electron chi connectivity index (χ3n) is 4.26. The molecule has 29 heavy (non-hydrogen) atoms. The van der Waals surface area contributed by atoms with E-state index in [2.05, 4.69) is 40.9 Å². The fourth-order valence-electron chi connectivity index (χ4n) is 2.64. The molecule has 0 aliphatic carbocycles. The van der Waals surface area contributed by atoms with Gasteiger partial charge in [-0.15, -0.1) is 5.10 Å². The fourth-order valence-corrected chi connectivity index (χ4v) is 3.64. The lowest BCUT2D eigenvalue weighted by Crippen LogP contribution is -2.11. The van der Waals surface area contributed by atoms with Gasteiger partial charge in [0.1, 0.15) is 0 Å². The molecule has 0 radical (unpaired) electrons. The van der Waals surface area contributed by atoms with Crippen molar-refractivity contribution in [1.29, 1.82) is 0 Å².